The van der Waals surface area contributed by atoms with Crippen LogP contribution in [0.3, 0.4) is 0 Å². The summed E-state index contributed by atoms with van der Waals surface area (Å²) >= 11 is 0. The largest absolute Gasteiger partial charge is 0.495 e. The van der Waals surface area contributed by atoms with E-state index in [9.17, 15) is 8.42 Å². The molecule has 0 aliphatic rings. The van der Waals surface area contributed by atoms with Crippen LogP contribution in [0.25, 0.3) is 0 Å². The van der Waals surface area contributed by atoms with E-state index in [0.29, 0.717) is 11.4 Å². The van der Waals surface area contributed by atoms with E-state index < -0.39 is 10.0 Å². The second-order valence-electron chi connectivity index (χ2n) is 6.71. The van der Waals surface area contributed by atoms with E-state index in [-0.39, 0.29) is 10.8 Å². The van der Waals surface area contributed by atoms with Crippen molar-refractivity contribution in [1.29, 1.82) is 0 Å². The first-order valence-electron chi connectivity index (χ1n) is 8.35. The van der Waals surface area contributed by atoms with Crippen LogP contribution >= 0.6 is 0 Å². The van der Waals surface area contributed by atoms with Crippen molar-refractivity contribution in [3.8, 4) is 5.75 Å². The first-order chi connectivity index (χ1) is 11.6. The number of hydrogen-bond acceptors (Lipinski definition) is 3. The Morgan fingerprint density at radius 1 is 1.04 bits per heavy atom. The Bertz CT molecular complexity index is 886. The average molecular weight is 362 g/mol. The number of aryl methyl sites for hydroxylation is 2. The summed E-state index contributed by atoms with van der Waals surface area (Å²) in [4.78, 5) is 0.202. The SMILES string of the molecule is COc1cc(C)c(C(C)C)cc1S(=O)(=O)N(C)c1cccc(C)c1C. The Labute approximate surface area is 151 Å². The number of hydrogen-bond donors (Lipinski definition) is 0. The van der Waals surface area contributed by atoms with Gasteiger partial charge in [-0.3, -0.25) is 4.31 Å². The van der Waals surface area contributed by atoms with E-state index in [1.165, 1.54) is 11.4 Å². The van der Waals surface area contributed by atoms with Crippen LogP contribution in [0.4, 0.5) is 5.69 Å². The van der Waals surface area contributed by atoms with Crippen LogP contribution in [0.1, 0.15) is 42.0 Å². The van der Waals surface area contributed by atoms with Crippen molar-refractivity contribution in [2.24, 2.45) is 0 Å². The predicted octanol–water partition coefficient (Wildman–Crippen LogP) is 4.57. The van der Waals surface area contributed by atoms with Crippen molar-refractivity contribution in [2.75, 3.05) is 18.5 Å². The molecule has 0 radical (unpaired) electrons. The average Bonchev–Trinajstić information content (AvgIpc) is 2.55. The maximum Gasteiger partial charge on any atom is 0.267 e. The fourth-order valence-electron chi connectivity index (χ4n) is 3.01. The lowest BCUT2D eigenvalue weighted by Gasteiger charge is -2.24. The topological polar surface area (TPSA) is 46.6 Å². The van der Waals surface area contributed by atoms with Gasteiger partial charge in [0.05, 0.1) is 12.8 Å². The van der Waals surface area contributed by atoms with Crippen LogP contribution in [0.15, 0.2) is 35.2 Å². The predicted molar refractivity (Wildman–Crippen MR) is 103 cm³/mol. The molecule has 0 spiro atoms. The van der Waals surface area contributed by atoms with Gasteiger partial charge in [0, 0.05) is 7.05 Å². The molecule has 2 aromatic rings. The Kier molecular flexibility index (Phi) is 5.47. The lowest BCUT2D eigenvalue weighted by atomic mass is 9.98. The lowest BCUT2D eigenvalue weighted by Crippen LogP contribution is -2.28. The molecule has 25 heavy (non-hydrogen) atoms. The Hall–Kier alpha value is -2.01. The summed E-state index contributed by atoms with van der Waals surface area (Å²) < 4.78 is 33.3. The van der Waals surface area contributed by atoms with Crippen LogP contribution < -0.4 is 9.04 Å². The third-order valence-corrected chi connectivity index (χ3v) is 6.52. The van der Waals surface area contributed by atoms with Gasteiger partial charge in [0.1, 0.15) is 10.6 Å². The summed E-state index contributed by atoms with van der Waals surface area (Å²) in [5, 5.41) is 0. The van der Waals surface area contributed by atoms with E-state index >= 15 is 0 Å². The van der Waals surface area contributed by atoms with Crippen LogP contribution in [-0.2, 0) is 10.0 Å². The molecule has 136 valence electrons. The van der Waals surface area contributed by atoms with Crippen LogP contribution in [-0.4, -0.2) is 22.6 Å². The highest BCUT2D eigenvalue weighted by atomic mass is 32.2. The number of methoxy groups -OCH3 is 1. The molecule has 4 nitrogen and oxygen atoms in total. The zero-order valence-electron chi connectivity index (χ0n) is 16.0. The molecule has 2 rings (SSSR count). The Balaban J connectivity index is 2.66. The molecule has 0 bridgehead atoms. The maximum absolute atomic E-state index is 13.3. The number of anilines is 1. The van der Waals surface area contributed by atoms with Crippen LogP contribution in [0.5, 0.6) is 5.75 Å². The van der Waals surface area contributed by atoms with Gasteiger partial charge in [0.15, 0.2) is 0 Å². The van der Waals surface area contributed by atoms with Gasteiger partial charge in [-0.2, -0.15) is 0 Å². The van der Waals surface area contributed by atoms with Crippen LogP contribution in [0, 0.1) is 20.8 Å². The molecule has 0 saturated carbocycles. The third-order valence-electron chi connectivity index (χ3n) is 4.73. The van der Waals surface area contributed by atoms with Gasteiger partial charge in [-0.25, -0.2) is 8.42 Å². The third kappa shape index (κ3) is 3.52. The van der Waals surface area contributed by atoms with Gasteiger partial charge < -0.3 is 4.74 Å². The van der Waals surface area contributed by atoms with Gasteiger partial charge in [0.25, 0.3) is 10.0 Å². The van der Waals surface area contributed by atoms with Crippen molar-refractivity contribution in [3.05, 3.63) is 52.6 Å². The summed E-state index contributed by atoms with van der Waals surface area (Å²) in [6.45, 7) is 9.99. The minimum Gasteiger partial charge on any atom is -0.495 e. The van der Waals surface area contributed by atoms with Gasteiger partial charge >= 0.3 is 0 Å². The van der Waals surface area contributed by atoms with Gasteiger partial charge in [-0.1, -0.05) is 26.0 Å². The molecule has 0 saturated heterocycles. The Morgan fingerprint density at radius 3 is 2.24 bits per heavy atom. The molecule has 0 atom stereocenters. The summed E-state index contributed by atoms with van der Waals surface area (Å²) in [6.07, 6.45) is 0. The van der Waals surface area contributed by atoms with E-state index in [0.717, 1.165) is 22.3 Å². The second-order valence-corrected chi connectivity index (χ2v) is 8.64. The number of nitrogens with zero attached hydrogens (tertiary/aromatic N) is 1. The van der Waals surface area contributed by atoms with Gasteiger partial charge in [-0.15, -0.1) is 0 Å². The van der Waals surface area contributed by atoms with Gasteiger partial charge in [-0.05, 0) is 67.1 Å². The first-order valence-corrected chi connectivity index (χ1v) is 9.79. The molecular formula is C20H27NO3S. The lowest BCUT2D eigenvalue weighted by molar-refractivity contribution is 0.402. The molecule has 0 aromatic heterocycles. The zero-order chi connectivity index (χ0) is 18.9. The summed E-state index contributed by atoms with van der Waals surface area (Å²) in [5.74, 6) is 0.602. The maximum atomic E-state index is 13.3. The van der Waals surface area contributed by atoms with E-state index in [4.69, 9.17) is 4.74 Å². The van der Waals surface area contributed by atoms with E-state index in [1.807, 2.05) is 39.0 Å². The highest BCUT2D eigenvalue weighted by molar-refractivity contribution is 7.93. The second kappa shape index (κ2) is 7.08. The Morgan fingerprint density at radius 2 is 1.68 bits per heavy atom. The molecule has 2 aromatic carbocycles. The normalized spacial score (nSPS) is 11.7. The molecule has 0 fully saturated rings. The van der Waals surface area contributed by atoms with Crippen molar-refractivity contribution in [2.45, 2.75) is 45.4 Å². The van der Waals surface area contributed by atoms with Crippen LogP contribution in [0.2, 0.25) is 0 Å². The first kappa shape index (κ1) is 19.3. The number of benzene rings is 2. The molecule has 0 aliphatic heterocycles. The summed E-state index contributed by atoms with van der Waals surface area (Å²) in [7, 11) is -0.649. The monoisotopic (exact) mass is 361 g/mol. The number of sulfonamides is 1. The molecule has 5 heteroatoms. The van der Waals surface area contributed by atoms with Crippen molar-refractivity contribution in [1.82, 2.24) is 0 Å². The molecule has 0 unspecified atom stereocenters. The fraction of sp³-hybridized carbons (Fsp3) is 0.400. The highest BCUT2D eigenvalue weighted by Gasteiger charge is 2.28. The molecule has 0 aliphatic carbocycles. The number of ether oxygens (including phenoxy) is 1. The van der Waals surface area contributed by atoms with Crippen molar-refractivity contribution < 1.29 is 13.2 Å². The molecular weight excluding hydrogens is 334 g/mol. The van der Waals surface area contributed by atoms with E-state index in [2.05, 4.69) is 13.8 Å². The molecule has 0 heterocycles. The summed E-state index contributed by atoms with van der Waals surface area (Å²) in [5.41, 5.74) is 4.71. The van der Waals surface area contributed by atoms with Crippen molar-refractivity contribution >= 4 is 15.7 Å². The highest BCUT2D eigenvalue weighted by Crippen LogP contribution is 2.35. The minimum atomic E-state index is -3.74. The standard InChI is InChI=1S/C20H27NO3S/c1-13(2)17-12-20(19(24-7)11-15(17)4)25(22,23)21(6)18-10-8-9-14(3)16(18)5/h8-13H,1-7H3. The smallest absolute Gasteiger partial charge is 0.267 e. The quantitative estimate of drug-likeness (QED) is 0.784. The zero-order valence-corrected chi connectivity index (χ0v) is 16.9. The minimum absolute atomic E-state index is 0.202. The summed E-state index contributed by atoms with van der Waals surface area (Å²) in [6, 6.07) is 9.22. The molecule has 0 amide bonds. The fourth-order valence-corrected chi connectivity index (χ4v) is 4.44. The van der Waals surface area contributed by atoms with Gasteiger partial charge in [0.2, 0.25) is 0 Å². The molecule has 0 N–H and O–H groups in total. The number of rotatable bonds is 5. The van der Waals surface area contributed by atoms with Crippen molar-refractivity contribution in [3.63, 3.8) is 0 Å². The van der Waals surface area contributed by atoms with E-state index in [1.54, 1.807) is 19.2 Å².